The zero-order valence-electron chi connectivity index (χ0n) is 11.2. The molecule has 0 aliphatic rings. The zero-order chi connectivity index (χ0) is 13.7. The number of hydrogen-bond donors (Lipinski definition) is 1. The maximum absolute atomic E-state index is 13.1. The minimum atomic E-state index is -0.217. The van der Waals surface area contributed by atoms with Gasteiger partial charge in [0.25, 0.3) is 0 Å². The lowest BCUT2D eigenvalue weighted by molar-refractivity contribution is 0.243. The molecule has 2 rings (SSSR count). The van der Waals surface area contributed by atoms with Gasteiger partial charge in [0.05, 0.1) is 11.8 Å². The van der Waals surface area contributed by atoms with Crippen LogP contribution in [0.1, 0.15) is 19.4 Å². The summed E-state index contributed by atoms with van der Waals surface area (Å²) in [6.07, 6.45) is 0.122. The molecule has 19 heavy (non-hydrogen) atoms. The van der Waals surface area contributed by atoms with Gasteiger partial charge >= 0.3 is 0 Å². The second-order valence-corrected chi connectivity index (χ2v) is 4.65. The van der Waals surface area contributed by atoms with Gasteiger partial charge in [-0.1, -0.05) is 24.3 Å². The number of benzene rings is 2. The van der Waals surface area contributed by atoms with Crippen LogP contribution in [0.15, 0.2) is 48.5 Å². The predicted molar refractivity (Wildman–Crippen MR) is 75.9 cm³/mol. The third-order valence-corrected chi connectivity index (χ3v) is 2.62. The Hall–Kier alpha value is -2.03. The fourth-order valence-corrected chi connectivity index (χ4v) is 1.81. The van der Waals surface area contributed by atoms with Gasteiger partial charge in [-0.2, -0.15) is 0 Å². The van der Waals surface area contributed by atoms with E-state index >= 15 is 0 Å². The van der Waals surface area contributed by atoms with E-state index in [2.05, 4.69) is 5.32 Å². The van der Waals surface area contributed by atoms with E-state index in [1.54, 1.807) is 6.07 Å². The quantitative estimate of drug-likeness (QED) is 0.867. The van der Waals surface area contributed by atoms with Crippen molar-refractivity contribution in [3.8, 4) is 5.75 Å². The van der Waals surface area contributed by atoms with Crippen LogP contribution < -0.4 is 10.1 Å². The average Bonchev–Trinajstić information content (AvgIpc) is 2.37. The molecule has 2 nitrogen and oxygen atoms in total. The predicted octanol–water partition coefficient (Wildman–Crippen LogP) is 4.23. The van der Waals surface area contributed by atoms with Crippen LogP contribution in [-0.4, -0.2) is 6.10 Å². The molecule has 3 heteroatoms. The molecule has 0 atom stereocenters. The minimum Gasteiger partial charge on any atom is -0.489 e. The summed E-state index contributed by atoms with van der Waals surface area (Å²) in [6.45, 7) is 4.54. The van der Waals surface area contributed by atoms with Crippen molar-refractivity contribution in [1.29, 1.82) is 0 Å². The van der Waals surface area contributed by atoms with E-state index in [4.69, 9.17) is 4.74 Å². The topological polar surface area (TPSA) is 21.3 Å². The molecule has 0 unspecified atom stereocenters. The highest BCUT2D eigenvalue weighted by Crippen LogP contribution is 2.25. The number of nitrogens with one attached hydrogen (secondary N) is 1. The van der Waals surface area contributed by atoms with Crippen LogP contribution in [0.4, 0.5) is 10.1 Å². The zero-order valence-corrected chi connectivity index (χ0v) is 11.2. The molecular formula is C16H18FNO. The molecule has 0 bridgehead atoms. The van der Waals surface area contributed by atoms with Crippen molar-refractivity contribution in [1.82, 2.24) is 0 Å². The molecule has 0 fully saturated rings. The van der Waals surface area contributed by atoms with Crippen molar-refractivity contribution in [3.63, 3.8) is 0 Å². The number of rotatable bonds is 5. The lowest BCUT2D eigenvalue weighted by atomic mass is 10.2. The van der Waals surface area contributed by atoms with Gasteiger partial charge in [-0.25, -0.2) is 4.39 Å². The largest absolute Gasteiger partial charge is 0.489 e. The summed E-state index contributed by atoms with van der Waals surface area (Å²) in [5.74, 6) is 0.597. The summed E-state index contributed by atoms with van der Waals surface area (Å²) in [6, 6.07) is 14.3. The van der Waals surface area contributed by atoms with E-state index < -0.39 is 0 Å². The summed E-state index contributed by atoms with van der Waals surface area (Å²) in [5, 5.41) is 3.27. The third-order valence-electron chi connectivity index (χ3n) is 2.62. The molecule has 2 aromatic carbocycles. The van der Waals surface area contributed by atoms with Gasteiger partial charge in [0.1, 0.15) is 11.6 Å². The number of hydrogen-bond acceptors (Lipinski definition) is 2. The average molecular weight is 259 g/mol. The molecule has 0 aliphatic carbocycles. The first kappa shape index (κ1) is 13.4. The summed E-state index contributed by atoms with van der Waals surface area (Å²) >= 11 is 0. The Morgan fingerprint density at radius 3 is 2.63 bits per heavy atom. The molecule has 2 aromatic rings. The van der Waals surface area contributed by atoms with Crippen molar-refractivity contribution < 1.29 is 9.13 Å². The van der Waals surface area contributed by atoms with Crippen molar-refractivity contribution in [2.75, 3.05) is 5.32 Å². The highest BCUT2D eigenvalue weighted by Gasteiger charge is 2.04. The summed E-state index contributed by atoms with van der Waals surface area (Å²) in [4.78, 5) is 0. The number of para-hydroxylation sites is 2. The molecule has 1 N–H and O–H groups in total. The van der Waals surface area contributed by atoms with E-state index in [0.717, 1.165) is 17.0 Å². The van der Waals surface area contributed by atoms with Crippen molar-refractivity contribution >= 4 is 5.69 Å². The van der Waals surface area contributed by atoms with Gasteiger partial charge in [0, 0.05) is 6.54 Å². The molecule has 100 valence electrons. The van der Waals surface area contributed by atoms with Crippen LogP contribution in [0, 0.1) is 5.82 Å². The van der Waals surface area contributed by atoms with E-state index in [-0.39, 0.29) is 11.9 Å². The first-order chi connectivity index (χ1) is 9.15. The summed E-state index contributed by atoms with van der Waals surface area (Å²) in [5.41, 5.74) is 1.82. The molecular weight excluding hydrogens is 241 g/mol. The van der Waals surface area contributed by atoms with Gasteiger partial charge in [-0.15, -0.1) is 0 Å². The van der Waals surface area contributed by atoms with Gasteiger partial charge in [-0.05, 0) is 43.7 Å². The van der Waals surface area contributed by atoms with Crippen LogP contribution in [0.5, 0.6) is 5.75 Å². The second kappa shape index (κ2) is 6.23. The van der Waals surface area contributed by atoms with Gasteiger partial charge in [0.15, 0.2) is 0 Å². The molecule has 0 aromatic heterocycles. The number of ether oxygens (including phenoxy) is 1. The molecule has 0 aliphatic heterocycles. The standard InChI is InChI=1S/C16H18FNO/c1-12(2)19-16-9-4-3-8-15(16)18-11-13-6-5-7-14(17)10-13/h3-10,12,18H,11H2,1-2H3. The molecule has 0 spiro atoms. The van der Waals surface area contributed by atoms with Crippen LogP contribution in [0.25, 0.3) is 0 Å². The Kier molecular flexibility index (Phi) is 4.39. The molecule has 0 amide bonds. The SMILES string of the molecule is CC(C)Oc1ccccc1NCc1cccc(F)c1. The Labute approximate surface area is 113 Å². The first-order valence-corrected chi connectivity index (χ1v) is 6.39. The smallest absolute Gasteiger partial charge is 0.142 e. The number of halogens is 1. The monoisotopic (exact) mass is 259 g/mol. The van der Waals surface area contributed by atoms with E-state index in [0.29, 0.717) is 6.54 Å². The summed E-state index contributed by atoms with van der Waals surface area (Å²) < 4.78 is 18.8. The van der Waals surface area contributed by atoms with Crippen LogP contribution in [0.3, 0.4) is 0 Å². The van der Waals surface area contributed by atoms with E-state index in [9.17, 15) is 4.39 Å². The summed E-state index contributed by atoms with van der Waals surface area (Å²) in [7, 11) is 0. The number of anilines is 1. The van der Waals surface area contributed by atoms with Crippen LogP contribution in [-0.2, 0) is 6.54 Å². The lowest BCUT2D eigenvalue weighted by Crippen LogP contribution is -2.08. The molecule has 0 saturated carbocycles. The Bertz CT molecular complexity index is 540. The van der Waals surface area contributed by atoms with Crippen molar-refractivity contribution in [2.45, 2.75) is 26.5 Å². The van der Waals surface area contributed by atoms with E-state index in [1.165, 1.54) is 12.1 Å². The first-order valence-electron chi connectivity index (χ1n) is 6.39. The van der Waals surface area contributed by atoms with Crippen LogP contribution in [0.2, 0.25) is 0 Å². The highest BCUT2D eigenvalue weighted by molar-refractivity contribution is 5.56. The highest BCUT2D eigenvalue weighted by atomic mass is 19.1. The molecule has 0 radical (unpaired) electrons. The Balaban J connectivity index is 2.07. The fraction of sp³-hybridized carbons (Fsp3) is 0.250. The fourth-order valence-electron chi connectivity index (χ4n) is 1.81. The maximum atomic E-state index is 13.1. The van der Waals surface area contributed by atoms with Gasteiger partial charge < -0.3 is 10.1 Å². The molecule has 0 heterocycles. The van der Waals surface area contributed by atoms with Crippen LogP contribution >= 0.6 is 0 Å². The van der Waals surface area contributed by atoms with Crippen molar-refractivity contribution in [2.24, 2.45) is 0 Å². The van der Waals surface area contributed by atoms with Gasteiger partial charge in [0.2, 0.25) is 0 Å². The second-order valence-electron chi connectivity index (χ2n) is 4.65. The van der Waals surface area contributed by atoms with Gasteiger partial charge in [-0.3, -0.25) is 0 Å². The Morgan fingerprint density at radius 1 is 1.11 bits per heavy atom. The Morgan fingerprint density at radius 2 is 1.89 bits per heavy atom. The molecule has 0 saturated heterocycles. The third kappa shape index (κ3) is 3.98. The van der Waals surface area contributed by atoms with Crippen molar-refractivity contribution in [3.05, 3.63) is 59.9 Å². The normalized spacial score (nSPS) is 10.5. The lowest BCUT2D eigenvalue weighted by Gasteiger charge is -2.15. The maximum Gasteiger partial charge on any atom is 0.142 e. The minimum absolute atomic E-state index is 0.122. The van der Waals surface area contributed by atoms with E-state index in [1.807, 2.05) is 44.2 Å².